The summed E-state index contributed by atoms with van der Waals surface area (Å²) in [6, 6.07) is 6.15. The number of likely N-dealkylation sites (N-methyl/N-ethyl adjacent to an activating group) is 1. The lowest BCUT2D eigenvalue weighted by molar-refractivity contribution is -0.122. The van der Waals surface area contributed by atoms with Crippen LogP contribution < -0.4 is 4.90 Å². The van der Waals surface area contributed by atoms with Gasteiger partial charge in [0, 0.05) is 24.8 Å². The second-order valence-electron chi connectivity index (χ2n) is 6.90. The van der Waals surface area contributed by atoms with Crippen molar-refractivity contribution in [3.05, 3.63) is 53.0 Å². The van der Waals surface area contributed by atoms with Crippen molar-refractivity contribution >= 4 is 40.2 Å². The minimum Gasteiger partial charge on any atom is -0.366 e. The minimum atomic E-state index is -0.252. The van der Waals surface area contributed by atoms with Crippen molar-refractivity contribution in [3.8, 4) is 0 Å². The number of hydrogen-bond donors (Lipinski definition) is 0. The number of imide groups is 1. The van der Waals surface area contributed by atoms with Gasteiger partial charge < -0.3 is 4.90 Å². The Bertz CT molecular complexity index is 836. The van der Waals surface area contributed by atoms with Crippen molar-refractivity contribution in [1.29, 1.82) is 0 Å². The molecule has 3 rings (SSSR count). The predicted octanol–water partition coefficient (Wildman–Crippen LogP) is 4.54. The molecular weight excluding hydrogens is 332 g/mol. The van der Waals surface area contributed by atoms with E-state index in [1.807, 2.05) is 6.07 Å². The van der Waals surface area contributed by atoms with E-state index in [2.05, 4.69) is 57.5 Å². The first-order valence-corrected chi connectivity index (χ1v) is 9.00. The summed E-state index contributed by atoms with van der Waals surface area (Å²) in [7, 11) is 2.09. The number of allylic oxidation sites excluding steroid dienone is 1. The molecule has 25 heavy (non-hydrogen) atoms. The van der Waals surface area contributed by atoms with Crippen molar-refractivity contribution in [1.82, 2.24) is 4.90 Å². The molecular formula is C20H22N2O2S. The minimum absolute atomic E-state index is 0.0358. The highest BCUT2D eigenvalue weighted by atomic mass is 32.2. The molecule has 0 unspecified atom stereocenters. The van der Waals surface area contributed by atoms with E-state index < -0.39 is 0 Å². The van der Waals surface area contributed by atoms with Crippen LogP contribution in [0.3, 0.4) is 0 Å². The Morgan fingerprint density at radius 2 is 2.00 bits per heavy atom. The summed E-state index contributed by atoms with van der Waals surface area (Å²) in [5, 5.41) is -0.244. The van der Waals surface area contributed by atoms with Crippen LogP contribution in [0.5, 0.6) is 0 Å². The lowest BCUT2D eigenvalue weighted by Gasteiger charge is -2.40. The molecule has 4 nitrogen and oxygen atoms in total. The van der Waals surface area contributed by atoms with E-state index in [1.165, 1.54) is 16.2 Å². The molecule has 1 fully saturated rings. The molecule has 5 heteroatoms. The van der Waals surface area contributed by atoms with Crippen molar-refractivity contribution in [3.63, 3.8) is 0 Å². The maximum absolute atomic E-state index is 12.3. The smallest absolute Gasteiger partial charge is 0.293 e. The largest absolute Gasteiger partial charge is 0.366 e. The normalized spacial score (nSPS) is 20.8. The monoisotopic (exact) mass is 354 g/mol. The molecule has 0 atom stereocenters. The fraction of sp³-hybridized carbons (Fsp3) is 0.300. The molecule has 0 radical (unpaired) electrons. The number of benzene rings is 1. The number of fused-ring (bicyclic) bond motifs is 1. The molecule has 2 aliphatic rings. The van der Waals surface area contributed by atoms with Crippen molar-refractivity contribution in [2.24, 2.45) is 0 Å². The lowest BCUT2D eigenvalue weighted by Crippen LogP contribution is -2.42. The number of carbonyl (C=O) groups is 2. The summed E-state index contributed by atoms with van der Waals surface area (Å²) >= 11 is 0.981. The molecule has 2 aliphatic heterocycles. The molecule has 1 aromatic carbocycles. The van der Waals surface area contributed by atoms with Crippen molar-refractivity contribution < 1.29 is 9.59 Å². The van der Waals surface area contributed by atoms with Crippen molar-refractivity contribution in [2.75, 3.05) is 18.5 Å². The molecule has 130 valence electrons. The number of amides is 2. The average Bonchev–Trinajstić information content (AvgIpc) is 2.80. The number of thioether (sulfide) groups is 1. The lowest BCUT2D eigenvalue weighted by atomic mass is 9.88. The topological polar surface area (TPSA) is 40.6 Å². The Morgan fingerprint density at radius 1 is 1.28 bits per heavy atom. The van der Waals surface area contributed by atoms with E-state index >= 15 is 0 Å². The fourth-order valence-corrected chi connectivity index (χ4v) is 4.05. The van der Waals surface area contributed by atoms with E-state index in [9.17, 15) is 9.59 Å². The summed E-state index contributed by atoms with van der Waals surface area (Å²) in [6.45, 7) is 10.3. The zero-order valence-corrected chi connectivity index (χ0v) is 15.8. The highest BCUT2D eigenvalue weighted by Gasteiger charge is 2.34. The number of anilines is 1. The Kier molecular flexibility index (Phi) is 4.37. The maximum atomic E-state index is 12.3. The van der Waals surface area contributed by atoms with Crippen LogP contribution in [0.4, 0.5) is 10.5 Å². The van der Waals surface area contributed by atoms with Gasteiger partial charge in [0.25, 0.3) is 11.1 Å². The van der Waals surface area contributed by atoms with Gasteiger partial charge in [0.2, 0.25) is 0 Å². The number of hydrogen-bond acceptors (Lipinski definition) is 4. The van der Waals surface area contributed by atoms with Gasteiger partial charge >= 0.3 is 0 Å². The van der Waals surface area contributed by atoms with Gasteiger partial charge in [-0.3, -0.25) is 14.5 Å². The third-order valence-electron chi connectivity index (χ3n) is 4.72. The van der Waals surface area contributed by atoms with Crippen LogP contribution in [-0.4, -0.2) is 35.2 Å². The van der Waals surface area contributed by atoms with Gasteiger partial charge in [-0.25, -0.2) is 0 Å². The number of rotatable bonds is 3. The summed E-state index contributed by atoms with van der Waals surface area (Å²) in [6.07, 6.45) is 5.60. The summed E-state index contributed by atoms with van der Waals surface area (Å²) in [5.41, 5.74) is 4.42. The quantitative estimate of drug-likeness (QED) is 0.590. The van der Waals surface area contributed by atoms with Crippen LogP contribution in [-0.2, 0) is 4.79 Å². The van der Waals surface area contributed by atoms with E-state index in [0.29, 0.717) is 4.91 Å². The zero-order chi connectivity index (χ0) is 18.4. The molecule has 1 aromatic rings. The van der Waals surface area contributed by atoms with Crippen LogP contribution >= 0.6 is 11.8 Å². The van der Waals surface area contributed by atoms with Crippen molar-refractivity contribution in [2.45, 2.75) is 26.3 Å². The van der Waals surface area contributed by atoms with Gasteiger partial charge in [0.05, 0.1) is 10.4 Å². The van der Waals surface area contributed by atoms with E-state index in [1.54, 1.807) is 12.2 Å². The molecule has 0 spiro atoms. The predicted molar refractivity (Wildman–Crippen MR) is 105 cm³/mol. The van der Waals surface area contributed by atoms with Gasteiger partial charge in [-0.2, -0.15) is 0 Å². The molecule has 1 saturated heterocycles. The highest BCUT2D eigenvalue weighted by Crippen LogP contribution is 2.39. The molecule has 0 saturated carbocycles. The SMILES string of the molecule is C=CCN1C(=O)S/C(=C/c2ccc3c(c2)C(C)=CC(C)(C)N3C)C1=O. The van der Waals surface area contributed by atoms with Crippen LogP contribution in [0.25, 0.3) is 11.6 Å². The number of nitrogens with zero attached hydrogens (tertiary/aromatic N) is 2. The molecule has 0 N–H and O–H groups in total. The van der Waals surface area contributed by atoms with Crippen LogP contribution in [0.2, 0.25) is 0 Å². The van der Waals surface area contributed by atoms with E-state index in [-0.39, 0.29) is 23.2 Å². The van der Waals surface area contributed by atoms with Crippen LogP contribution in [0.1, 0.15) is 31.9 Å². The van der Waals surface area contributed by atoms with Gasteiger partial charge in [-0.15, -0.1) is 6.58 Å². The standard InChI is InChI=1S/C20H22N2O2S/c1-6-9-22-18(23)17(25-19(22)24)11-14-7-8-16-15(10-14)13(2)12-20(3,4)21(16)5/h6-8,10-12H,1,9H2,2-5H3/b17-11+. The summed E-state index contributed by atoms with van der Waals surface area (Å²) in [4.78, 5) is 28.2. The van der Waals surface area contributed by atoms with Gasteiger partial charge in [0.15, 0.2) is 0 Å². The third-order valence-corrected chi connectivity index (χ3v) is 5.63. The molecule has 2 heterocycles. The molecule has 0 bridgehead atoms. The first kappa shape index (κ1) is 17.5. The van der Waals surface area contributed by atoms with Crippen LogP contribution in [0, 0.1) is 0 Å². The first-order valence-electron chi connectivity index (χ1n) is 8.18. The molecule has 2 amide bonds. The van der Waals surface area contributed by atoms with Gasteiger partial charge in [0.1, 0.15) is 0 Å². The summed E-state index contributed by atoms with van der Waals surface area (Å²) in [5.74, 6) is -0.252. The molecule has 0 aromatic heterocycles. The Morgan fingerprint density at radius 3 is 2.68 bits per heavy atom. The Hall–Kier alpha value is -2.27. The average molecular weight is 354 g/mol. The highest BCUT2D eigenvalue weighted by molar-refractivity contribution is 8.18. The van der Waals surface area contributed by atoms with Gasteiger partial charge in [-0.05, 0) is 61.9 Å². The Balaban J connectivity index is 1.97. The van der Waals surface area contributed by atoms with E-state index in [0.717, 1.165) is 22.9 Å². The maximum Gasteiger partial charge on any atom is 0.293 e. The van der Waals surface area contributed by atoms with Gasteiger partial charge in [-0.1, -0.05) is 18.2 Å². The second-order valence-corrected chi connectivity index (χ2v) is 7.89. The first-order chi connectivity index (χ1) is 11.7. The van der Waals surface area contributed by atoms with E-state index in [4.69, 9.17) is 0 Å². The zero-order valence-electron chi connectivity index (χ0n) is 15.0. The van der Waals surface area contributed by atoms with Crippen LogP contribution in [0.15, 0.2) is 41.8 Å². The third kappa shape index (κ3) is 3.04. The summed E-state index contributed by atoms with van der Waals surface area (Å²) < 4.78 is 0. The number of carbonyl (C=O) groups excluding carboxylic acids is 2. The fourth-order valence-electron chi connectivity index (χ4n) is 3.20. The second kappa shape index (κ2) is 6.23. The Labute approximate surface area is 152 Å². The molecule has 0 aliphatic carbocycles.